The number of rotatable bonds is 6. The highest BCUT2D eigenvalue weighted by Crippen LogP contribution is 2.38. The lowest BCUT2D eigenvalue weighted by molar-refractivity contribution is -0.236. The van der Waals surface area contributed by atoms with Crippen molar-refractivity contribution in [3.8, 4) is 0 Å². The van der Waals surface area contributed by atoms with Gasteiger partial charge in [-0.15, -0.1) is 11.8 Å². The Hall–Kier alpha value is -2.20. The maximum atomic E-state index is 13.8. The summed E-state index contributed by atoms with van der Waals surface area (Å²) in [5, 5.41) is 9.18. The molecule has 5 nitrogen and oxygen atoms in total. The van der Waals surface area contributed by atoms with Crippen LogP contribution in [0.2, 0.25) is 0 Å². The Labute approximate surface area is 182 Å². The Balaban J connectivity index is 2.03. The van der Waals surface area contributed by atoms with Crippen LogP contribution in [0.3, 0.4) is 0 Å². The minimum atomic E-state index is -4.50. The number of thioether (sulfide) groups is 1. The second-order valence-electron chi connectivity index (χ2n) is 7.32. The van der Waals surface area contributed by atoms with E-state index in [1.54, 1.807) is 34.9 Å². The van der Waals surface area contributed by atoms with Crippen LogP contribution in [0.4, 0.5) is 17.6 Å². The topological polar surface area (TPSA) is 53.0 Å². The van der Waals surface area contributed by atoms with E-state index in [1.165, 1.54) is 23.9 Å². The van der Waals surface area contributed by atoms with E-state index in [0.717, 1.165) is 0 Å². The van der Waals surface area contributed by atoms with Gasteiger partial charge in [0, 0.05) is 13.1 Å². The van der Waals surface area contributed by atoms with Crippen LogP contribution in [0.25, 0.3) is 0 Å². The second-order valence-corrected chi connectivity index (χ2v) is 8.67. The van der Waals surface area contributed by atoms with Crippen LogP contribution in [0.1, 0.15) is 19.4 Å². The van der Waals surface area contributed by atoms with E-state index in [9.17, 15) is 27.5 Å². The average molecular weight is 460 g/mol. The molecule has 2 aliphatic heterocycles. The van der Waals surface area contributed by atoms with Crippen LogP contribution in [0.5, 0.6) is 0 Å². The van der Waals surface area contributed by atoms with Crippen molar-refractivity contribution in [2.24, 2.45) is 0 Å². The van der Waals surface area contributed by atoms with E-state index in [2.05, 4.69) is 0 Å². The van der Waals surface area contributed by atoms with Gasteiger partial charge < -0.3 is 19.6 Å². The van der Waals surface area contributed by atoms with Gasteiger partial charge in [0.15, 0.2) is 6.10 Å². The predicted octanol–water partition coefficient (Wildman–Crippen LogP) is 4.23. The van der Waals surface area contributed by atoms with Crippen LogP contribution < -0.4 is 0 Å². The van der Waals surface area contributed by atoms with Crippen molar-refractivity contribution in [1.29, 1.82) is 0 Å². The molecular formula is C21H24F4N2O3S. The van der Waals surface area contributed by atoms with Crippen molar-refractivity contribution in [2.75, 3.05) is 25.4 Å². The molecule has 0 spiro atoms. The molecule has 1 aromatic carbocycles. The Bertz CT molecular complexity index is 888. The van der Waals surface area contributed by atoms with Gasteiger partial charge in [0.1, 0.15) is 17.0 Å². The first kappa shape index (κ1) is 23.5. The Morgan fingerprint density at radius 3 is 2.71 bits per heavy atom. The fourth-order valence-corrected chi connectivity index (χ4v) is 4.89. The average Bonchev–Trinajstić information content (AvgIpc) is 2.69. The highest BCUT2D eigenvalue weighted by molar-refractivity contribution is 8.00. The maximum absolute atomic E-state index is 13.8. The zero-order chi connectivity index (χ0) is 22.8. The fraction of sp³-hybridized carbons (Fsp3) is 0.476. The SMILES string of the molecule is CCSC1C(C(=O)O)=C(C)C=C(N2CCOC(C(F)(F)F)C2)N1Cc1cccc(F)c1. The lowest BCUT2D eigenvalue weighted by Crippen LogP contribution is -2.53. The highest BCUT2D eigenvalue weighted by atomic mass is 32.2. The number of hydrogen-bond acceptors (Lipinski definition) is 5. The molecular weight excluding hydrogens is 436 g/mol. The number of halogens is 4. The summed E-state index contributed by atoms with van der Waals surface area (Å²) in [6, 6.07) is 5.90. The van der Waals surface area contributed by atoms with Crippen LogP contribution in [-0.4, -0.2) is 64.0 Å². The molecule has 1 saturated heterocycles. The molecule has 0 aromatic heterocycles. The Kier molecular flexibility index (Phi) is 7.20. The van der Waals surface area contributed by atoms with Gasteiger partial charge in [0.05, 0.1) is 18.7 Å². The van der Waals surface area contributed by atoms with Gasteiger partial charge in [-0.2, -0.15) is 13.2 Å². The number of carbonyl (C=O) groups is 1. The zero-order valence-corrected chi connectivity index (χ0v) is 18.0. The molecule has 0 saturated carbocycles. The number of hydrogen-bond donors (Lipinski definition) is 1. The van der Waals surface area contributed by atoms with Gasteiger partial charge in [-0.3, -0.25) is 0 Å². The van der Waals surface area contributed by atoms with E-state index in [0.29, 0.717) is 22.7 Å². The van der Waals surface area contributed by atoms with Gasteiger partial charge in [-0.1, -0.05) is 19.1 Å². The molecule has 0 bridgehead atoms. The molecule has 1 N–H and O–H groups in total. The number of carboxylic acid groups (broad SMARTS) is 1. The summed E-state index contributed by atoms with van der Waals surface area (Å²) in [5.74, 6) is -0.447. The molecule has 170 valence electrons. The van der Waals surface area contributed by atoms with Crippen LogP contribution >= 0.6 is 11.8 Å². The highest BCUT2D eigenvalue weighted by Gasteiger charge is 2.45. The molecule has 2 atom stereocenters. The van der Waals surface area contributed by atoms with Crippen molar-refractivity contribution in [3.63, 3.8) is 0 Å². The summed E-state index contributed by atoms with van der Waals surface area (Å²) in [7, 11) is 0. The molecule has 2 heterocycles. The first-order valence-electron chi connectivity index (χ1n) is 9.83. The summed E-state index contributed by atoms with van der Waals surface area (Å²) in [4.78, 5) is 15.3. The zero-order valence-electron chi connectivity index (χ0n) is 17.2. The molecule has 1 aromatic rings. The predicted molar refractivity (Wildman–Crippen MR) is 110 cm³/mol. The standard InChI is InChI=1S/C21H24F4N2O3S/c1-3-31-19-18(20(28)29)13(2)9-17(26-7-8-30-16(12-26)21(23,24)25)27(19)11-14-5-4-6-15(22)10-14/h4-6,9-10,16,19H,3,7-8,11-12H2,1-2H3,(H,28,29). The molecule has 31 heavy (non-hydrogen) atoms. The fourth-order valence-electron chi connectivity index (χ4n) is 3.75. The molecule has 3 rings (SSSR count). The van der Waals surface area contributed by atoms with Crippen LogP contribution in [0.15, 0.2) is 47.3 Å². The van der Waals surface area contributed by atoms with Crippen molar-refractivity contribution < 1.29 is 32.2 Å². The number of aliphatic carboxylic acids is 1. The Morgan fingerprint density at radius 2 is 2.10 bits per heavy atom. The molecule has 0 amide bonds. The quantitative estimate of drug-likeness (QED) is 0.642. The number of benzene rings is 1. The van der Waals surface area contributed by atoms with Crippen LogP contribution in [0, 0.1) is 5.82 Å². The first-order chi connectivity index (χ1) is 14.6. The third-order valence-corrected chi connectivity index (χ3v) is 6.29. The van der Waals surface area contributed by atoms with Gasteiger partial charge >= 0.3 is 12.1 Å². The maximum Gasteiger partial charge on any atom is 0.416 e. The summed E-state index contributed by atoms with van der Waals surface area (Å²) >= 11 is 1.37. The van der Waals surface area contributed by atoms with E-state index in [4.69, 9.17) is 4.74 Å². The molecule has 1 fully saturated rings. The van der Waals surface area contributed by atoms with Gasteiger partial charge in [-0.25, -0.2) is 9.18 Å². The number of nitrogens with zero attached hydrogens (tertiary/aromatic N) is 2. The number of allylic oxidation sites excluding steroid dienone is 2. The normalized spacial score (nSPS) is 22.6. The summed E-state index contributed by atoms with van der Waals surface area (Å²) < 4.78 is 58.6. The van der Waals surface area contributed by atoms with E-state index in [1.807, 2.05) is 6.92 Å². The minimum absolute atomic E-state index is 0.102. The van der Waals surface area contributed by atoms with E-state index < -0.39 is 36.0 Å². The summed E-state index contributed by atoms with van der Waals surface area (Å²) in [6.45, 7) is 3.42. The minimum Gasteiger partial charge on any atom is -0.478 e. The van der Waals surface area contributed by atoms with Gasteiger partial charge in [0.2, 0.25) is 0 Å². The first-order valence-corrected chi connectivity index (χ1v) is 10.9. The van der Waals surface area contributed by atoms with Gasteiger partial charge in [-0.05, 0) is 42.0 Å². The van der Waals surface area contributed by atoms with E-state index in [-0.39, 0.29) is 25.3 Å². The van der Waals surface area contributed by atoms with Crippen molar-refractivity contribution in [1.82, 2.24) is 9.80 Å². The van der Waals surface area contributed by atoms with Gasteiger partial charge in [0.25, 0.3) is 0 Å². The van der Waals surface area contributed by atoms with E-state index >= 15 is 0 Å². The lowest BCUT2D eigenvalue weighted by atomic mass is 10.0. The smallest absolute Gasteiger partial charge is 0.416 e. The molecule has 2 aliphatic rings. The molecule has 10 heteroatoms. The lowest BCUT2D eigenvalue weighted by Gasteiger charge is -2.45. The third kappa shape index (κ3) is 5.35. The number of carboxylic acids is 1. The number of ether oxygens (including phenoxy) is 1. The Morgan fingerprint density at radius 1 is 1.35 bits per heavy atom. The monoisotopic (exact) mass is 460 g/mol. The molecule has 2 unspecified atom stereocenters. The van der Waals surface area contributed by atoms with Crippen LogP contribution in [-0.2, 0) is 16.1 Å². The van der Waals surface area contributed by atoms with Crippen molar-refractivity contribution >= 4 is 17.7 Å². The molecule has 0 radical (unpaired) electrons. The number of morpholine rings is 1. The second kappa shape index (κ2) is 9.52. The third-order valence-electron chi connectivity index (χ3n) is 5.15. The molecule has 0 aliphatic carbocycles. The summed E-state index contributed by atoms with van der Waals surface area (Å²) in [6.07, 6.45) is -4.83. The summed E-state index contributed by atoms with van der Waals surface area (Å²) in [5.41, 5.74) is 1.25. The van der Waals surface area contributed by atoms with Crippen molar-refractivity contribution in [2.45, 2.75) is 38.0 Å². The number of alkyl halides is 3. The van der Waals surface area contributed by atoms with Crippen molar-refractivity contribution in [3.05, 3.63) is 58.7 Å². The largest absolute Gasteiger partial charge is 0.478 e.